The fourth-order valence-electron chi connectivity index (χ4n) is 2.81. The van der Waals surface area contributed by atoms with Gasteiger partial charge in [-0.2, -0.15) is 0 Å². The number of alkyl halides is 1. The molecular formula is C20H21F2N5O2. The lowest BCUT2D eigenvalue weighted by molar-refractivity contribution is 0.122. The van der Waals surface area contributed by atoms with Crippen LogP contribution >= 0.6 is 0 Å². The Morgan fingerprint density at radius 3 is 2.69 bits per heavy atom. The fourth-order valence-corrected chi connectivity index (χ4v) is 2.81. The highest BCUT2D eigenvalue weighted by atomic mass is 19.1. The lowest BCUT2D eigenvalue weighted by Crippen LogP contribution is -2.36. The highest BCUT2D eigenvalue weighted by Crippen LogP contribution is 2.24. The summed E-state index contributed by atoms with van der Waals surface area (Å²) in [6.07, 6.45) is 3.68. The van der Waals surface area contributed by atoms with E-state index in [1.807, 2.05) is 4.90 Å². The predicted octanol–water partition coefficient (Wildman–Crippen LogP) is 3.08. The number of halogens is 2. The summed E-state index contributed by atoms with van der Waals surface area (Å²) in [5, 5.41) is 7.62. The minimum Gasteiger partial charge on any atom is -0.463 e. The van der Waals surface area contributed by atoms with Crippen molar-refractivity contribution < 1.29 is 18.3 Å². The lowest BCUT2D eigenvalue weighted by atomic mass is 10.1. The molecule has 0 bridgehead atoms. The third-order valence-corrected chi connectivity index (χ3v) is 4.27. The van der Waals surface area contributed by atoms with E-state index >= 15 is 0 Å². The number of aliphatic imine (C=N–C) groups is 1. The smallest absolute Gasteiger partial charge is 0.228 e. The Bertz CT molecular complexity index is 910. The highest BCUT2D eigenvalue weighted by Gasteiger charge is 2.14. The first kappa shape index (κ1) is 20.4. The summed E-state index contributed by atoms with van der Waals surface area (Å²) < 4.78 is 36.5. The quantitative estimate of drug-likeness (QED) is 0.549. The molecule has 1 aromatic carbocycles. The zero-order valence-corrected chi connectivity index (χ0v) is 15.6. The van der Waals surface area contributed by atoms with Crippen molar-refractivity contribution in [2.75, 3.05) is 38.1 Å². The number of amidine groups is 1. The van der Waals surface area contributed by atoms with E-state index in [0.29, 0.717) is 49.0 Å². The summed E-state index contributed by atoms with van der Waals surface area (Å²) in [6.45, 7) is 1.57. The van der Waals surface area contributed by atoms with Gasteiger partial charge in [0.15, 0.2) is 5.82 Å². The van der Waals surface area contributed by atoms with E-state index in [1.54, 1.807) is 24.3 Å². The van der Waals surface area contributed by atoms with Crippen molar-refractivity contribution in [3.8, 4) is 5.75 Å². The summed E-state index contributed by atoms with van der Waals surface area (Å²) in [5.74, 6) is 0.408. The first-order chi connectivity index (χ1) is 14.1. The third-order valence-electron chi connectivity index (χ3n) is 4.27. The Balaban J connectivity index is 1.84. The molecule has 1 aromatic heterocycles. The first-order valence-corrected chi connectivity index (χ1v) is 8.94. The van der Waals surface area contributed by atoms with Gasteiger partial charge in [0, 0.05) is 30.9 Å². The Morgan fingerprint density at radius 1 is 1.31 bits per heavy atom. The SMILES string of the molecule is N=C/C(=C\C(N)=Nc1cc(N2CCOCC2)ncc1F)c1ccc(OCF)cc1. The average molecular weight is 401 g/mol. The zero-order valence-electron chi connectivity index (χ0n) is 15.6. The van der Waals surface area contributed by atoms with Crippen LogP contribution in [0.2, 0.25) is 0 Å². The Kier molecular flexibility index (Phi) is 6.85. The maximum absolute atomic E-state index is 14.2. The number of morpholine rings is 1. The molecule has 0 aliphatic carbocycles. The molecule has 3 N–H and O–H groups in total. The van der Waals surface area contributed by atoms with Gasteiger partial charge in [-0.25, -0.2) is 18.8 Å². The molecular weight excluding hydrogens is 380 g/mol. The van der Waals surface area contributed by atoms with Crippen molar-refractivity contribution in [2.45, 2.75) is 0 Å². The third kappa shape index (κ3) is 5.35. The molecule has 7 nitrogen and oxygen atoms in total. The molecule has 0 radical (unpaired) electrons. The van der Waals surface area contributed by atoms with E-state index in [4.69, 9.17) is 20.6 Å². The van der Waals surface area contributed by atoms with E-state index in [1.165, 1.54) is 12.1 Å². The maximum Gasteiger partial charge on any atom is 0.228 e. The molecule has 0 saturated carbocycles. The molecule has 0 amide bonds. The van der Waals surface area contributed by atoms with Crippen LogP contribution in [-0.2, 0) is 4.74 Å². The van der Waals surface area contributed by atoms with Gasteiger partial charge in [0.1, 0.15) is 23.1 Å². The van der Waals surface area contributed by atoms with Crippen LogP contribution in [0.25, 0.3) is 5.57 Å². The van der Waals surface area contributed by atoms with Crippen molar-refractivity contribution in [3.05, 3.63) is 54.0 Å². The molecule has 0 spiro atoms. The summed E-state index contributed by atoms with van der Waals surface area (Å²) >= 11 is 0. The Morgan fingerprint density at radius 2 is 2.03 bits per heavy atom. The van der Waals surface area contributed by atoms with Crippen LogP contribution in [0.1, 0.15) is 5.56 Å². The van der Waals surface area contributed by atoms with E-state index in [2.05, 4.69) is 9.98 Å². The molecule has 1 fully saturated rings. The molecule has 2 heterocycles. The maximum atomic E-state index is 14.2. The van der Waals surface area contributed by atoms with E-state index in [-0.39, 0.29) is 11.5 Å². The van der Waals surface area contributed by atoms with Crippen LogP contribution in [0.4, 0.5) is 20.3 Å². The normalized spacial score (nSPS) is 15.3. The number of nitrogens with zero attached hydrogens (tertiary/aromatic N) is 3. The van der Waals surface area contributed by atoms with Crippen LogP contribution in [0.5, 0.6) is 5.75 Å². The average Bonchev–Trinajstić information content (AvgIpc) is 2.75. The fraction of sp³-hybridized carbons (Fsp3) is 0.250. The summed E-state index contributed by atoms with van der Waals surface area (Å²) in [5.41, 5.74) is 7.15. The molecule has 0 atom stereocenters. The van der Waals surface area contributed by atoms with Gasteiger partial charge in [0.25, 0.3) is 0 Å². The summed E-state index contributed by atoms with van der Waals surface area (Å²) in [4.78, 5) is 10.2. The Hall–Kier alpha value is -3.33. The number of ether oxygens (including phenoxy) is 2. The van der Waals surface area contributed by atoms with Gasteiger partial charge in [-0.3, -0.25) is 0 Å². The summed E-state index contributed by atoms with van der Waals surface area (Å²) in [6, 6.07) is 8.03. The largest absolute Gasteiger partial charge is 0.463 e. The van der Waals surface area contributed by atoms with Crippen molar-refractivity contribution in [3.63, 3.8) is 0 Å². The number of nitrogens with one attached hydrogen (secondary N) is 1. The van der Waals surface area contributed by atoms with Crippen molar-refractivity contribution in [2.24, 2.45) is 10.7 Å². The number of benzene rings is 1. The number of pyridine rings is 1. The number of hydrogen-bond acceptors (Lipinski definition) is 6. The van der Waals surface area contributed by atoms with Crippen LogP contribution < -0.4 is 15.4 Å². The number of rotatable bonds is 7. The van der Waals surface area contributed by atoms with Crippen molar-refractivity contribution >= 4 is 29.1 Å². The molecule has 1 saturated heterocycles. The van der Waals surface area contributed by atoms with Gasteiger partial charge in [0.05, 0.1) is 19.4 Å². The molecule has 1 aliphatic heterocycles. The molecule has 152 valence electrons. The van der Waals surface area contributed by atoms with E-state index in [9.17, 15) is 8.78 Å². The number of nitrogens with two attached hydrogens (primary N) is 1. The standard InChI is InChI=1S/C20H21F2N5O2/c21-13-29-16-3-1-14(2-4-16)15(11-23)9-19(24)26-18-10-20(25-12-17(18)22)27-5-7-28-8-6-27/h1-4,9-12,23H,5-8,13H2,(H2,24,25,26)/b15-9+,23-11?. The van der Waals surface area contributed by atoms with Crippen molar-refractivity contribution in [1.82, 2.24) is 4.98 Å². The predicted molar refractivity (Wildman–Crippen MR) is 108 cm³/mol. The van der Waals surface area contributed by atoms with Crippen LogP contribution in [-0.4, -0.2) is 50.2 Å². The minimum atomic E-state index is -0.920. The molecule has 1 aliphatic rings. The molecule has 3 rings (SSSR count). The molecule has 29 heavy (non-hydrogen) atoms. The molecule has 9 heteroatoms. The second-order valence-electron chi connectivity index (χ2n) is 6.15. The zero-order chi connectivity index (χ0) is 20.6. The topological polar surface area (TPSA) is 96.8 Å². The minimum absolute atomic E-state index is 0.0330. The summed E-state index contributed by atoms with van der Waals surface area (Å²) in [7, 11) is 0. The first-order valence-electron chi connectivity index (χ1n) is 8.94. The molecule has 0 unspecified atom stereocenters. The van der Waals surface area contributed by atoms with Gasteiger partial charge in [-0.1, -0.05) is 12.1 Å². The number of anilines is 1. The second-order valence-corrected chi connectivity index (χ2v) is 6.15. The highest BCUT2D eigenvalue weighted by molar-refractivity contribution is 6.16. The van der Waals surface area contributed by atoms with Crippen LogP contribution in [0.15, 0.2) is 47.6 Å². The van der Waals surface area contributed by atoms with Gasteiger partial charge >= 0.3 is 0 Å². The van der Waals surface area contributed by atoms with Crippen LogP contribution in [0, 0.1) is 11.2 Å². The second kappa shape index (κ2) is 9.74. The van der Waals surface area contributed by atoms with Gasteiger partial charge in [-0.15, -0.1) is 0 Å². The van der Waals surface area contributed by atoms with E-state index in [0.717, 1.165) is 12.4 Å². The number of aromatic nitrogens is 1. The van der Waals surface area contributed by atoms with Crippen molar-refractivity contribution in [1.29, 1.82) is 5.41 Å². The molecule has 2 aromatic rings. The number of allylic oxidation sites excluding steroid dienone is 1. The Labute approximate surface area is 167 Å². The lowest BCUT2D eigenvalue weighted by Gasteiger charge is -2.27. The van der Waals surface area contributed by atoms with E-state index < -0.39 is 12.7 Å². The van der Waals surface area contributed by atoms with Crippen LogP contribution in [0.3, 0.4) is 0 Å². The van der Waals surface area contributed by atoms with Gasteiger partial charge in [-0.05, 0) is 23.8 Å². The van der Waals surface area contributed by atoms with Gasteiger partial charge in [0.2, 0.25) is 6.86 Å². The monoisotopic (exact) mass is 401 g/mol. The number of hydrogen-bond donors (Lipinski definition) is 2. The van der Waals surface area contributed by atoms with Gasteiger partial charge < -0.3 is 25.5 Å².